The molecule has 1 saturated carbocycles. The molecule has 0 spiro atoms. The highest BCUT2D eigenvalue weighted by molar-refractivity contribution is 5.95. The van der Waals surface area contributed by atoms with Gasteiger partial charge in [0.15, 0.2) is 0 Å². The zero-order chi connectivity index (χ0) is 15.7. The lowest BCUT2D eigenvalue weighted by Crippen LogP contribution is -2.48. The number of likely N-dealkylation sites (N-methyl/N-ethyl adjacent to an activating group) is 1. The van der Waals surface area contributed by atoms with Gasteiger partial charge in [-0.15, -0.1) is 0 Å². The summed E-state index contributed by atoms with van der Waals surface area (Å²) in [5.74, 6) is -0.107. The summed E-state index contributed by atoms with van der Waals surface area (Å²) in [5.41, 5.74) is 1.19. The molecule has 2 heterocycles. The van der Waals surface area contributed by atoms with E-state index in [1.165, 1.54) is 19.2 Å². The molecule has 1 saturated heterocycles. The normalized spacial score (nSPS) is 29.0. The Balaban J connectivity index is 1.71. The van der Waals surface area contributed by atoms with Gasteiger partial charge in [-0.2, -0.15) is 0 Å². The highest BCUT2D eigenvalue weighted by Crippen LogP contribution is 2.30. The molecule has 3 atom stereocenters. The van der Waals surface area contributed by atoms with Crippen LogP contribution in [-0.2, 0) is 0 Å². The number of carbonyl (C=O) groups is 1. The number of amides is 1. The Hall–Kier alpha value is -1.53. The van der Waals surface area contributed by atoms with Crippen LogP contribution in [0.4, 0.5) is 0 Å². The van der Waals surface area contributed by atoms with Gasteiger partial charge in [0.05, 0.1) is 23.4 Å². The van der Waals surface area contributed by atoms with Gasteiger partial charge in [0.25, 0.3) is 5.91 Å². The molecule has 2 fully saturated rings. The van der Waals surface area contributed by atoms with Crippen LogP contribution in [-0.4, -0.2) is 69.1 Å². The molecule has 0 bridgehead atoms. The summed E-state index contributed by atoms with van der Waals surface area (Å²) in [4.78, 5) is 24.7. The van der Waals surface area contributed by atoms with E-state index in [1.54, 1.807) is 25.1 Å². The van der Waals surface area contributed by atoms with Crippen LogP contribution in [0, 0.1) is 6.92 Å². The number of carbonyl (C=O) groups excluding carboxylic acids is 1. The summed E-state index contributed by atoms with van der Waals surface area (Å²) in [6.07, 6.45) is 6.75. The number of nitrogens with zero attached hydrogens (tertiary/aromatic N) is 4. The maximum atomic E-state index is 12.6. The summed E-state index contributed by atoms with van der Waals surface area (Å²) in [6, 6.07) is 0.0635. The van der Waals surface area contributed by atoms with E-state index in [-0.39, 0.29) is 18.0 Å². The number of likely N-dealkylation sites (tertiary alicyclic amines) is 1. The van der Waals surface area contributed by atoms with Gasteiger partial charge in [-0.1, -0.05) is 0 Å². The molecule has 6 nitrogen and oxygen atoms in total. The lowest BCUT2D eigenvalue weighted by Gasteiger charge is -2.32. The summed E-state index contributed by atoms with van der Waals surface area (Å²) < 4.78 is 0. The van der Waals surface area contributed by atoms with Gasteiger partial charge in [-0.3, -0.25) is 9.69 Å². The van der Waals surface area contributed by atoms with E-state index in [9.17, 15) is 9.90 Å². The number of aliphatic hydroxyl groups is 1. The summed E-state index contributed by atoms with van der Waals surface area (Å²) >= 11 is 0. The zero-order valence-corrected chi connectivity index (χ0v) is 13.3. The molecular weight excluding hydrogens is 280 g/mol. The first-order valence-corrected chi connectivity index (χ1v) is 8.05. The fraction of sp³-hybridized carbons (Fsp3) is 0.688. The van der Waals surface area contributed by atoms with E-state index in [2.05, 4.69) is 14.9 Å². The van der Waals surface area contributed by atoms with Crippen molar-refractivity contribution in [2.24, 2.45) is 0 Å². The minimum atomic E-state index is -0.475. The molecule has 120 valence electrons. The Morgan fingerprint density at radius 2 is 2.09 bits per heavy atom. The Morgan fingerprint density at radius 1 is 1.36 bits per heavy atom. The Kier molecular flexibility index (Phi) is 4.40. The van der Waals surface area contributed by atoms with Crippen molar-refractivity contribution in [1.29, 1.82) is 0 Å². The summed E-state index contributed by atoms with van der Waals surface area (Å²) in [6.45, 7) is 3.94. The Bertz CT molecular complexity index is 545. The van der Waals surface area contributed by atoms with Crippen LogP contribution in [0.15, 0.2) is 12.5 Å². The van der Waals surface area contributed by atoms with E-state index in [4.69, 9.17) is 0 Å². The molecule has 0 radical (unpaired) electrons. The van der Waals surface area contributed by atoms with Gasteiger partial charge in [-0.25, -0.2) is 9.97 Å². The first kappa shape index (κ1) is 15.4. The van der Waals surface area contributed by atoms with Gasteiger partial charge in [0.1, 0.15) is 6.33 Å². The first-order valence-electron chi connectivity index (χ1n) is 8.05. The largest absolute Gasteiger partial charge is 0.389 e. The second-order valence-corrected chi connectivity index (χ2v) is 6.38. The molecule has 3 rings (SSSR count). The van der Waals surface area contributed by atoms with Crippen LogP contribution in [0.5, 0.6) is 0 Å². The SMILES string of the molecule is Cc1ncncc1C(=O)N(C)[C@@H]1CC[C@@H](N2CCCC2)[C@@H]1O. The van der Waals surface area contributed by atoms with Gasteiger partial charge >= 0.3 is 0 Å². The second kappa shape index (κ2) is 6.30. The monoisotopic (exact) mass is 304 g/mol. The van der Waals surface area contributed by atoms with Crippen molar-refractivity contribution in [2.75, 3.05) is 20.1 Å². The molecule has 22 heavy (non-hydrogen) atoms. The molecule has 1 aliphatic carbocycles. The molecule has 0 aromatic carbocycles. The maximum absolute atomic E-state index is 12.6. The van der Waals surface area contributed by atoms with E-state index >= 15 is 0 Å². The standard InChI is InChI=1S/C16H24N4O2/c1-11-12(9-17-10-18-11)16(22)19(2)13-5-6-14(15(13)21)20-7-3-4-8-20/h9-10,13-15,21H,3-8H2,1-2H3/t13-,14-,15-/m1/s1. The van der Waals surface area contributed by atoms with E-state index in [1.807, 2.05) is 0 Å². The molecule has 2 aliphatic rings. The number of hydrogen-bond donors (Lipinski definition) is 1. The molecule has 1 amide bonds. The number of aryl methyl sites for hydroxylation is 1. The van der Waals surface area contributed by atoms with Crippen LogP contribution >= 0.6 is 0 Å². The quantitative estimate of drug-likeness (QED) is 0.896. The molecule has 6 heteroatoms. The van der Waals surface area contributed by atoms with Crippen LogP contribution in [0.25, 0.3) is 0 Å². The van der Waals surface area contributed by atoms with Crippen molar-refractivity contribution < 1.29 is 9.90 Å². The molecular formula is C16H24N4O2. The van der Waals surface area contributed by atoms with Crippen molar-refractivity contribution >= 4 is 5.91 Å². The third-order valence-electron chi connectivity index (χ3n) is 5.12. The zero-order valence-electron chi connectivity index (χ0n) is 13.3. The Morgan fingerprint density at radius 3 is 2.77 bits per heavy atom. The lowest BCUT2D eigenvalue weighted by molar-refractivity contribution is 0.0295. The molecule has 1 aromatic rings. The second-order valence-electron chi connectivity index (χ2n) is 6.38. The van der Waals surface area contributed by atoms with Crippen molar-refractivity contribution in [3.8, 4) is 0 Å². The predicted molar refractivity (Wildman–Crippen MR) is 82.5 cm³/mol. The number of hydrogen-bond acceptors (Lipinski definition) is 5. The minimum absolute atomic E-state index is 0.107. The van der Waals surface area contributed by atoms with Crippen LogP contribution in [0.1, 0.15) is 41.7 Å². The fourth-order valence-electron chi connectivity index (χ4n) is 3.78. The molecule has 1 aliphatic heterocycles. The van der Waals surface area contributed by atoms with Gasteiger partial charge in [0.2, 0.25) is 0 Å². The van der Waals surface area contributed by atoms with Crippen LogP contribution < -0.4 is 0 Å². The van der Waals surface area contributed by atoms with E-state index in [0.29, 0.717) is 11.3 Å². The molecule has 1 aromatic heterocycles. The lowest BCUT2D eigenvalue weighted by atomic mass is 10.1. The van der Waals surface area contributed by atoms with Crippen LogP contribution in [0.3, 0.4) is 0 Å². The fourth-order valence-corrected chi connectivity index (χ4v) is 3.78. The highest BCUT2D eigenvalue weighted by atomic mass is 16.3. The summed E-state index contributed by atoms with van der Waals surface area (Å²) in [7, 11) is 1.77. The average molecular weight is 304 g/mol. The molecule has 0 unspecified atom stereocenters. The molecule has 1 N–H and O–H groups in total. The number of aliphatic hydroxyl groups excluding tert-OH is 1. The van der Waals surface area contributed by atoms with Crippen molar-refractivity contribution in [3.63, 3.8) is 0 Å². The van der Waals surface area contributed by atoms with Gasteiger partial charge in [0, 0.05) is 19.3 Å². The topological polar surface area (TPSA) is 69.6 Å². The highest BCUT2D eigenvalue weighted by Gasteiger charge is 2.42. The number of aromatic nitrogens is 2. The van der Waals surface area contributed by atoms with Crippen molar-refractivity contribution in [1.82, 2.24) is 19.8 Å². The third kappa shape index (κ3) is 2.73. The predicted octanol–water partition coefficient (Wildman–Crippen LogP) is 0.845. The maximum Gasteiger partial charge on any atom is 0.257 e. The summed E-state index contributed by atoms with van der Waals surface area (Å²) in [5, 5.41) is 10.7. The number of rotatable bonds is 3. The van der Waals surface area contributed by atoms with E-state index < -0.39 is 6.10 Å². The smallest absolute Gasteiger partial charge is 0.257 e. The third-order valence-corrected chi connectivity index (χ3v) is 5.12. The van der Waals surface area contributed by atoms with E-state index in [0.717, 1.165) is 25.9 Å². The van der Waals surface area contributed by atoms with Crippen molar-refractivity contribution in [3.05, 3.63) is 23.8 Å². The average Bonchev–Trinajstić information content (AvgIpc) is 3.15. The Labute approximate surface area is 131 Å². The van der Waals surface area contributed by atoms with Crippen LogP contribution in [0.2, 0.25) is 0 Å². The first-order chi connectivity index (χ1) is 10.6. The minimum Gasteiger partial charge on any atom is -0.389 e. The van der Waals surface area contributed by atoms with Crippen molar-refractivity contribution in [2.45, 2.75) is 50.8 Å². The van der Waals surface area contributed by atoms with Gasteiger partial charge < -0.3 is 10.0 Å². The van der Waals surface area contributed by atoms with Gasteiger partial charge in [-0.05, 0) is 45.7 Å².